The first-order chi connectivity index (χ1) is 9.91. The highest BCUT2D eigenvalue weighted by molar-refractivity contribution is 7.89. The molecule has 0 aromatic heterocycles. The van der Waals surface area contributed by atoms with E-state index in [1.54, 1.807) is 0 Å². The van der Waals surface area contributed by atoms with Crippen LogP contribution < -0.4 is 5.32 Å². The number of nitrogens with zero attached hydrogens (tertiary/aromatic N) is 2. The average Bonchev–Trinajstić information content (AvgIpc) is 2.99. The first kappa shape index (κ1) is 17.1. The minimum absolute atomic E-state index is 0. The van der Waals surface area contributed by atoms with E-state index in [2.05, 4.69) is 5.32 Å². The number of sulfonamides is 1. The van der Waals surface area contributed by atoms with Gasteiger partial charge in [-0.05, 0) is 37.9 Å². The highest BCUT2D eigenvalue weighted by Gasteiger charge is 2.42. The summed E-state index contributed by atoms with van der Waals surface area (Å²) in [4.78, 5) is 10.5. The number of hydrogen-bond acceptors (Lipinski definition) is 5. The molecule has 9 heteroatoms. The topological polar surface area (TPSA) is 92.5 Å². The molecule has 0 bridgehead atoms. The number of nitro benzene ring substituents is 1. The van der Waals surface area contributed by atoms with Crippen LogP contribution in [0.1, 0.15) is 5.56 Å². The van der Waals surface area contributed by atoms with Crippen molar-refractivity contribution in [3.05, 3.63) is 33.9 Å². The van der Waals surface area contributed by atoms with Gasteiger partial charge < -0.3 is 5.32 Å². The minimum atomic E-state index is -3.67. The maximum Gasteiger partial charge on any atom is 0.273 e. The third-order valence-electron chi connectivity index (χ3n) is 4.43. The van der Waals surface area contributed by atoms with Gasteiger partial charge in [0.05, 0.1) is 9.82 Å². The summed E-state index contributed by atoms with van der Waals surface area (Å²) in [5.74, 6) is 0.692. The highest BCUT2D eigenvalue weighted by Crippen LogP contribution is 2.33. The van der Waals surface area contributed by atoms with Crippen molar-refractivity contribution in [3.8, 4) is 0 Å². The molecule has 0 radical (unpaired) electrons. The van der Waals surface area contributed by atoms with Crippen LogP contribution in [-0.4, -0.2) is 43.8 Å². The van der Waals surface area contributed by atoms with E-state index >= 15 is 0 Å². The number of fused-ring (bicyclic) bond motifs is 1. The predicted octanol–water partition coefficient (Wildman–Crippen LogP) is 1.16. The molecule has 0 amide bonds. The smallest absolute Gasteiger partial charge is 0.273 e. The fourth-order valence-electron chi connectivity index (χ4n) is 3.23. The number of hydrogen-bond donors (Lipinski definition) is 1. The summed E-state index contributed by atoms with van der Waals surface area (Å²) in [5.41, 5.74) is 0.0508. The first-order valence-corrected chi connectivity index (χ1v) is 8.30. The van der Waals surface area contributed by atoms with Crippen LogP contribution in [0.3, 0.4) is 0 Å². The van der Waals surface area contributed by atoms with E-state index in [-0.39, 0.29) is 28.6 Å². The maximum atomic E-state index is 12.7. The van der Waals surface area contributed by atoms with Crippen LogP contribution >= 0.6 is 12.4 Å². The van der Waals surface area contributed by atoms with Gasteiger partial charge in [-0.2, -0.15) is 4.31 Å². The molecule has 0 saturated carbocycles. The van der Waals surface area contributed by atoms with Crippen molar-refractivity contribution in [2.45, 2.75) is 11.8 Å². The Morgan fingerprint density at radius 2 is 1.86 bits per heavy atom. The SMILES string of the molecule is Cc1c([N+](=O)[O-])cccc1S(=O)(=O)N1C[C@H]2CNC[C@H]2C1.Cl. The summed E-state index contributed by atoms with van der Waals surface area (Å²) in [6.45, 7) is 4.14. The lowest BCUT2D eigenvalue weighted by Crippen LogP contribution is -2.32. The molecule has 2 aliphatic rings. The molecule has 0 spiro atoms. The molecule has 2 fully saturated rings. The molecule has 2 heterocycles. The highest BCUT2D eigenvalue weighted by atomic mass is 35.5. The summed E-state index contributed by atoms with van der Waals surface area (Å²) in [6.07, 6.45) is 0. The number of nitrogens with one attached hydrogen (secondary N) is 1. The number of nitro groups is 1. The van der Waals surface area contributed by atoms with Crippen molar-refractivity contribution in [1.82, 2.24) is 9.62 Å². The molecule has 1 N–H and O–H groups in total. The van der Waals surface area contributed by atoms with E-state index in [1.165, 1.54) is 29.4 Å². The summed E-state index contributed by atoms with van der Waals surface area (Å²) < 4.78 is 27.0. The van der Waals surface area contributed by atoms with Crippen LogP contribution in [0.15, 0.2) is 23.1 Å². The maximum absolute atomic E-state index is 12.7. The minimum Gasteiger partial charge on any atom is -0.316 e. The molecule has 2 aliphatic heterocycles. The third-order valence-corrected chi connectivity index (χ3v) is 6.40. The van der Waals surface area contributed by atoms with Gasteiger partial charge in [-0.3, -0.25) is 10.1 Å². The Bertz CT molecular complexity index is 683. The zero-order valence-corrected chi connectivity index (χ0v) is 13.7. The Balaban J connectivity index is 0.00000176. The second-order valence-corrected chi connectivity index (χ2v) is 7.56. The summed E-state index contributed by atoms with van der Waals surface area (Å²) in [7, 11) is -3.67. The van der Waals surface area contributed by atoms with Crippen molar-refractivity contribution in [2.24, 2.45) is 11.8 Å². The molecule has 0 aliphatic carbocycles. The van der Waals surface area contributed by atoms with Crippen LogP contribution in [-0.2, 0) is 10.0 Å². The Morgan fingerprint density at radius 3 is 2.41 bits per heavy atom. The quantitative estimate of drug-likeness (QED) is 0.654. The molecule has 1 aromatic rings. The Kier molecular flexibility index (Phi) is 4.76. The third kappa shape index (κ3) is 2.71. The molecular weight excluding hydrogens is 330 g/mol. The second-order valence-electron chi connectivity index (χ2n) is 5.66. The zero-order valence-electron chi connectivity index (χ0n) is 12.1. The molecule has 22 heavy (non-hydrogen) atoms. The van der Waals surface area contributed by atoms with E-state index in [4.69, 9.17) is 0 Å². The normalized spacial score (nSPS) is 24.8. The number of halogens is 1. The van der Waals surface area contributed by atoms with Gasteiger partial charge in [0.1, 0.15) is 0 Å². The predicted molar refractivity (Wildman–Crippen MR) is 83.7 cm³/mol. The summed E-state index contributed by atoms with van der Waals surface area (Å²) >= 11 is 0. The average molecular weight is 348 g/mol. The Morgan fingerprint density at radius 1 is 1.27 bits per heavy atom. The second kappa shape index (κ2) is 6.11. The Labute approximate surface area is 135 Å². The fourth-order valence-corrected chi connectivity index (χ4v) is 5.02. The standard InChI is InChI=1S/C13H17N3O4S.ClH/c1-9-12(16(17)18)3-2-4-13(9)21(19,20)15-7-10-5-14-6-11(10)8-15;/h2-4,10-11,14H,5-8H2,1H3;1H/t10-,11+;. The molecule has 0 unspecified atom stereocenters. The number of rotatable bonds is 3. The van der Waals surface area contributed by atoms with Crippen LogP contribution in [0.25, 0.3) is 0 Å². The molecule has 3 rings (SSSR count). The summed E-state index contributed by atoms with van der Waals surface area (Å²) in [6, 6.07) is 4.21. The van der Waals surface area contributed by atoms with Gasteiger partial charge in [-0.25, -0.2) is 8.42 Å². The van der Waals surface area contributed by atoms with Gasteiger partial charge in [0.25, 0.3) is 5.69 Å². The van der Waals surface area contributed by atoms with E-state index in [9.17, 15) is 18.5 Å². The van der Waals surface area contributed by atoms with Crippen molar-refractivity contribution in [1.29, 1.82) is 0 Å². The van der Waals surface area contributed by atoms with Gasteiger partial charge in [0, 0.05) is 24.7 Å². The molecule has 2 saturated heterocycles. The molecule has 122 valence electrons. The van der Waals surface area contributed by atoms with Crippen LogP contribution in [0.2, 0.25) is 0 Å². The lowest BCUT2D eigenvalue weighted by atomic mass is 10.0. The van der Waals surface area contributed by atoms with Gasteiger partial charge >= 0.3 is 0 Å². The van der Waals surface area contributed by atoms with E-state index < -0.39 is 14.9 Å². The van der Waals surface area contributed by atoms with Gasteiger partial charge in [-0.15, -0.1) is 12.4 Å². The fraction of sp³-hybridized carbons (Fsp3) is 0.538. The lowest BCUT2D eigenvalue weighted by Gasteiger charge is -2.18. The van der Waals surface area contributed by atoms with Gasteiger partial charge in [0.2, 0.25) is 10.0 Å². The first-order valence-electron chi connectivity index (χ1n) is 6.86. The van der Waals surface area contributed by atoms with Gasteiger partial charge in [0.15, 0.2) is 0 Å². The summed E-state index contributed by atoms with van der Waals surface area (Å²) in [5, 5.41) is 14.2. The number of benzene rings is 1. The molecule has 7 nitrogen and oxygen atoms in total. The van der Waals surface area contributed by atoms with Crippen molar-refractivity contribution in [2.75, 3.05) is 26.2 Å². The molecular formula is C13H18ClN3O4S. The molecule has 2 atom stereocenters. The zero-order chi connectivity index (χ0) is 15.2. The van der Waals surface area contributed by atoms with Crippen LogP contribution in [0.5, 0.6) is 0 Å². The largest absolute Gasteiger partial charge is 0.316 e. The lowest BCUT2D eigenvalue weighted by molar-refractivity contribution is -0.385. The van der Waals surface area contributed by atoms with Crippen molar-refractivity contribution in [3.63, 3.8) is 0 Å². The Hall–Kier alpha value is -1.22. The van der Waals surface area contributed by atoms with Crippen molar-refractivity contribution < 1.29 is 13.3 Å². The monoisotopic (exact) mass is 347 g/mol. The van der Waals surface area contributed by atoms with Gasteiger partial charge in [-0.1, -0.05) is 6.07 Å². The van der Waals surface area contributed by atoms with E-state index in [1.807, 2.05) is 0 Å². The van der Waals surface area contributed by atoms with Crippen LogP contribution in [0.4, 0.5) is 5.69 Å². The van der Waals surface area contributed by atoms with Crippen molar-refractivity contribution >= 4 is 28.1 Å². The van der Waals surface area contributed by atoms with E-state index in [0.29, 0.717) is 24.9 Å². The molecule has 1 aromatic carbocycles. The van der Waals surface area contributed by atoms with E-state index in [0.717, 1.165) is 13.1 Å². The van der Waals surface area contributed by atoms with Crippen LogP contribution in [0, 0.1) is 28.9 Å².